The summed E-state index contributed by atoms with van der Waals surface area (Å²) >= 11 is 5.73. The van der Waals surface area contributed by atoms with E-state index in [2.05, 4.69) is 5.32 Å². The van der Waals surface area contributed by atoms with Gasteiger partial charge in [0.2, 0.25) is 5.91 Å². The molecule has 1 aromatic rings. The van der Waals surface area contributed by atoms with Gasteiger partial charge in [0.15, 0.2) is 0 Å². The fourth-order valence-corrected chi connectivity index (χ4v) is 2.25. The van der Waals surface area contributed by atoms with Crippen LogP contribution < -0.4 is 5.32 Å². The lowest BCUT2D eigenvalue weighted by atomic mass is 9.96. The van der Waals surface area contributed by atoms with Crippen LogP contribution in [0.3, 0.4) is 0 Å². The summed E-state index contributed by atoms with van der Waals surface area (Å²) in [5.41, 5.74) is 0.430. The van der Waals surface area contributed by atoms with E-state index in [9.17, 15) is 14.4 Å². The van der Waals surface area contributed by atoms with E-state index in [0.717, 1.165) is 0 Å². The van der Waals surface area contributed by atoms with Crippen molar-refractivity contribution >= 4 is 29.4 Å². The molecular formula is C14H15ClN2O4. The van der Waals surface area contributed by atoms with Crippen LogP contribution in [0.5, 0.6) is 0 Å². The molecule has 0 atom stereocenters. The van der Waals surface area contributed by atoms with E-state index in [1.165, 1.54) is 4.90 Å². The average Bonchev–Trinajstić information content (AvgIpc) is 2.40. The molecule has 7 heteroatoms. The van der Waals surface area contributed by atoms with Crippen molar-refractivity contribution in [3.63, 3.8) is 0 Å². The molecule has 0 aromatic heterocycles. The van der Waals surface area contributed by atoms with Crippen LogP contribution in [0.15, 0.2) is 24.3 Å². The van der Waals surface area contributed by atoms with E-state index in [1.807, 2.05) is 0 Å². The van der Waals surface area contributed by atoms with Gasteiger partial charge in [0.1, 0.15) is 0 Å². The molecule has 1 aliphatic rings. The highest BCUT2D eigenvalue weighted by atomic mass is 35.5. The first kappa shape index (κ1) is 15.3. The van der Waals surface area contributed by atoms with Crippen molar-refractivity contribution in [3.05, 3.63) is 34.9 Å². The van der Waals surface area contributed by atoms with Gasteiger partial charge >= 0.3 is 5.97 Å². The molecule has 112 valence electrons. The summed E-state index contributed by atoms with van der Waals surface area (Å²) in [6, 6.07) is 6.36. The summed E-state index contributed by atoms with van der Waals surface area (Å²) < 4.78 is 0. The molecule has 2 N–H and O–H groups in total. The molecule has 21 heavy (non-hydrogen) atoms. The highest BCUT2D eigenvalue weighted by Gasteiger charge is 2.31. The standard InChI is InChI=1S/C14H15ClN2O4/c15-11-3-1-10(2-4-11)14(21)16-6-12(18)17-7-9(8-17)5-13(19)20/h1-4,9H,5-8H2,(H,16,21)(H,19,20). The fraction of sp³-hybridized carbons (Fsp3) is 0.357. The molecule has 1 saturated heterocycles. The van der Waals surface area contributed by atoms with Gasteiger partial charge < -0.3 is 15.3 Å². The Morgan fingerprint density at radius 1 is 1.24 bits per heavy atom. The maximum atomic E-state index is 11.8. The number of carboxylic acid groups (broad SMARTS) is 1. The van der Waals surface area contributed by atoms with Crippen molar-refractivity contribution < 1.29 is 19.5 Å². The van der Waals surface area contributed by atoms with Crippen molar-refractivity contribution in [1.29, 1.82) is 0 Å². The minimum Gasteiger partial charge on any atom is -0.481 e. The second-order valence-corrected chi connectivity index (χ2v) is 5.39. The van der Waals surface area contributed by atoms with Crippen molar-refractivity contribution in [1.82, 2.24) is 10.2 Å². The van der Waals surface area contributed by atoms with E-state index in [4.69, 9.17) is 16.7 Å². The highest BCUT2D eigenvalue weighted by Crippen LogP contribution is 2.18. The third kappa shape index (κ3) is 4.19. The zero-order valence-electron chi connectivity index (χ0n) is 11.2. The van der Waals surface area contributed by atoms with Crippen LogP contribution in [-0.4, -0.2) is 47.4 Å². The Labute approximate surface area is 126 Å². The first-order valence-corrected chi connectivity index (χ1v) is 6.87. The van der Waals surface area contributed by atoms with Gasteiger partial charge in [0, 0.05) is 29.6 Å². The zero-order chi connectivity index (χ0) is 15.4. The number of amides is 2. The molecule has 1 heterocycles. The number of aliphatic carboxylic acids is 1. The molecule has 0 aliphatic carbocycles. The predicted molar refractivity (Wildman–Crippen MR) is 76.1 cm³/mol. The molecule has 0 spiro atoms. The maximum absolute atomic E-state index is 11.8. The van der Waals surface area contributed by atoms with Crippen LogP contribution in [0, 0.1) is 5.92 Å². The molecule has 6 nitrogen and oxygen atoms in total. The molecular weight excluding hydrogens is 296 g/mol. The van der Waals surface area contributed by atoms with Crippen LogP contribution in [0.2, 0.25) is 5.02 Å². The lowest BCUT2D eigenvalue weighted by Crippen LogP contribution is -2.53. The SMILES string of the molecule is O=C(O)CC1CN(C(=O)CNC(=O)c2ccc(Cl)cc2)C1. The number of likely N-dealkylation sites (tertiary alicyclic amines) is 1. The molecule has 1 fully saturated rings. The summed E-state index contributed by atoms with van der Waals surface area (Å²) in [6.45, 7) is 0.769. The van der Waals surface area contributed by atoms with Gasteiger partial charge in [-0.3, -0.25) is 14.4 Å². The van der Waals surface area contributed by atoms with Crippen molar-refractivity contribution in [2.24, 2.45) is 5.92 Å². The lowest BCUT2D eigenvalue weighted by molar-refractivity contribution is -0.144. The summed E-state index contributed by atoms with van der Waals surface area (Å²) in [5, 5.41) is 11.7. The Kier molecular flexibility index (Phi) is 4.80. The van der Waals surface area contributed by atoms with E-state index in [0.29, 0.717) is 23.7 Å². The number of carboxylic acids is 1. The van der Waals surface area contributed by atoms with Gasteiger partial charge in [-0.25, -0.2) is 0 Å². The number of carbonyl (C=O) groups is 3. The van der Waals surface area contributed by atoms with Crippen molar-refractivity contribution in [2.45, 2.75) is 6.42 Å². The van der Waals surface area contributed by atoms with E-state index in [-0.39, 0.29) is 30.7 Å². The highest BCUT2D eigenvalue weighted by molar-refractivity contribution is 6.30. The summed E-state index contributed by atoms with van der Waals surface area (Å²) in [7, 11) is 0. The van der Waals surface area contributed by atoms with Gasteiger partial charge in [-0.15, -0.1) is 0 Å². The second-order valence-electron chi connectivity index (χ2n) is 4.95. The Balaban J connectivity index is 1.74. The Hall–Kier alpha value is -2.08. The van der Waals surface area contributed by atoms with Crippen LogP contribution in [0.4, 0.5) is 0 Å². The van der Waals surface area contributed by atoms with Gasteiger partial charge in [0.05, 0.1) is 13.0 Å². The minimum atomic E-state index is -0.858. The van der Waals surface area contributed by atoms with E-state index < -0.39 is 5.97 Å². The Morgan fingerprint density at radius 3 is 2.43 bits per heavy atom. The number of rotatable bonds is 5. The molecule has 2 amide bonds. The van der Waals surface area contributed by atoms with E-state index in [1.54, 1.807) is 24.3 Å². The largest absolute Gasteiger partial charge is 0.481 e. The summed E-state index contributed by atoms with van der Waals surface area (Å²) in [4.78, 5) is 35.6. The van der Waals surface area contributed by atoms with Crippen molar-refractivity contribution in [3.8, 4) is 0 Å². The molecule has 1 aromatic carbocycles. The topological polar surface area (TPSA) is 86.7 Å². The number of hydrogen-bond acceptors (Lipinski definition) is 3. The third-order valence-corrected chi connectivity index (χ3v) is 3.53. The van der Waals surface area contributed by atoms with Gasteiger partial charge in [0.25, 0.3) is 5.91 Å². The Bertz CT molecular complexity index is 553. The van der Waals surface area contributed by atoms with Crippen molar-refractivity contribution in [2.75, 3.05) is 19.6 Å². The molecule has 0 saturated carbocycles. The van der Waals surface area contributed by atoms with Crippen LogP contribution >= 0.6 is 11.6 Å². The number of nitrogens with zero attached hydrogens (tertiary/aromatic N) is 1. The number of halogens is 1. The first-order chi connectivity index (χ1) is 9.95. The van der Waals surface area contributed by atoms with Gasteiger partial charge in [-0.2, -0.15) is 0 Å². The first-order valence-electron chi connectivity index (χ1n) is 6.49. The lowest BCUT2D eigenvalue weighted by Gasteiger charge is -2.38. The number of carbonyl (C=O) groups excluding carboxylic acids is 2. The van der Waals surface area contributed by atoms with E-state index >= 15 is 0 Å². The number of hydrogen-bond donors (Lipinski definition) is 2. The molecule has 2 rings (SSSR count). The van der Waals surface area contributed by atoms with Gasteiger partial charge in [-0.1, -0.05) is 11.6 Å². The summed E-state index contributed by atoms with van der Waals surface area (Å²) in [6.07, 6.45) is 0.0704. The molecule has 0 bridgehead atoms. The predicted octanol–water partition coefficient (Wildman–Crippen LogP) is 1.00. The smallest absolute Gasteiger partial charge is 0.303 e. The fourth-order valence-electron chi connectivity index (χ4n) is 2.12. The number of nitrogens with one attached hydrogen (secondary N) is 1. The molecule has 0 unspecified atom stereocenters. The summed E-state index contributed by atoms with van der Waals surface area (Å²) in [5.74, 6) is -1.40. The minimum absolute atomic E-state index is 0.0124. The van der Waals surface area contributed by atoms with Crippen LogP contribution in [0.1, 0.15) is 16.8 Å². The molecule has 0 radical (unpaired) electrons. The average molecular weight is 311 g/mol. The number of benzene rings is 1. The quantitative estimate of drug-likeness (QED) is 0.849. The third-order valence-electron chi connectivity index (χ3n) is 3.28. The van der Waals surface area contributed by atoms with Crippen LogP contribution in [-0.2, 0) is 9.59 Å². The monoisotopic (exact) mass is 310 g/mol. The van der Waals surface area contributed by atoms with Gasteiger partial charge in [-0.05, 0) is 24.3 Å². The Morgan fingerprint density at radius 2 is 1.86 bits per heavy atom. The maximum Gasteiger partial charge on any atom is 0.303 e. The zero-order valence-corrected chi connectivity index (χ0v) is 12.0. The normalized spacial score (nSPS) is 14.4. The van der Waals surface area contributed by atoms with Crippen LogP contribution in [0.25, 0.3) is 0 Å². The second kappa shape index (κ2) is 6.58. The molecule has 1 aliphatic heterocycles.